The molecule has 1 atom stereocenters. The Morgan fingerprint density at radius 2 is 2.06 bits per heavy atom. The smallest absolute Gasteiger partial charge is 0.220 e. The van der Waals surface area contributed by atoms with Crippen molar-refractivity contribution >= 4 is 5.91 Å². The third-order valence-corrected chi connectivity index (χ3v) is 3.34. The standard InChI is InChI=1S/C12H24N2O2/c1-9(7-13)6-12(16)14-8-10-2-4-11(15)5-3-10/h9-11,15H,2-8,13H2,1H3,(H,14,16). The monoisotopic (exact) mass is 228 g/mol. The number of nitrogens with one attached hydrogen (secondary N) is 1. The maximum atomic E-state index is 11.5. The molecule has 4 heteroatoms. The third kappa shape index (κ3) is 4.94. The van der Waals surface area contributed by atoms with E-state index in [2.05, 4.69) is 5.32 Å². The first-order valence-electron chi connectivity index (χ1n) is 6.26. The maximum absolute atomic E-state index is 11.5. The lowest BCUT2D eigenvalue weighted by atomic mass is 9.87. The van der Waals surface area contributed by atoms with Gasteiger partial charge in [0, 0.05) is 13.0 Å². The molecule has 1 rings (SSSR count). The number of nitrogens with two attached hydrogens (primary N) is 1. The Bertz CT molecular complexity index is 213. The van der Waals surface area contributed by atoms with Crippen molar-refractivity contribution in [2.45, 2.75) is 45.1 Å². The van der Waals surface area contributed by atoms with Crippen LogP contribution < -0.4 is 11.1 Å². The summed E-state index contributed by atoms with van der Waals surface area (Å²) in [5, 5.41) is 12.3. The molecule has 0 saturated heterocycles. The largest absolute Gasteiger partial charge is 0.393 e. The zero-order chi connectivity index (χ0) is 12.0. The molecule has 4 N–H and O–H groups in total. The predicted molar refractivity (Wildman–Crippen MR) is 63.8 cm³/mol. The second-order valence-electron chi connectivity index (χ2n) is 5.02. The molecule has 0 aliphatic heterocycles. The molecule has 1 aliphatic carbocycles. The van der Waals surface area contributed by atoms with E-state index >= 15 is 0 Å². The van der Waals surface area contributed by atoms with E-state index in [1.54, 1.807) is 0 Å². The van der Waals surface area contributed by atoms with Crippen molar-refractivity contribution in [3.8, 4) is 0 Å². The summed E-state index contributed by atoms with van der Waals surface area (Å²) in [5.74, 6) is 0.901. The van der Waals surface area contributed by atoms with Gasteiger partial charge < -0.3 is 16.2 Å². The Balaban J connectivity index is 2.12. The molecule has 1 saturated carbocycles. The average molecular weight is 228 g/mol. The number of hydrogen-bond donors (Lipinski definition) is 3. The first-order valence-corrected chi connectivity index (χ1v) is 6.26. The lowest BCUT2D eigenvalue weighted by Gasteiger charge is -2.25. The second kappa shape index (κ2) is 6.86. The van der Waals surface area contributed by atoms with Crippen molar-refractivity contribution in [3.63, 3.8) is 0 Å². The normalized spacial score (nSPS) is 27.4. The molecular weight excluding hydrogens is 204 g/mol. The summed E-state index contributed by atoms with van der Waals surface area (Å²) in [7, 11) is 0. The van der Waals surface area contributed by atoms with Crippen molar-refractivity contribution < 1.29 is 9.90 Å². The SMILES string of the molecule is CC(CN)CC(=O)NCC1CCC(O)CC1. The Morgan fingerprint density at radius 3 is 2.62 bits per heavy atom. The number of aliphatic hydroxyl groups excluding tert-OH is 1. The highest BCUT2D eigenvalue weighted by Crippen LogP contribution is 2.23. The van der Waals surface area contributed by atoms with Gasteiger partial charge in [0.1, 0.15) is 0 Å². The Labute approximate surface area is 97.6 Å². The number of aliphatic hydroxyl groups is 1. The van der Waals surface area contributed by atoms with Crippen LogP contribution in [0.15, 0.2) is 0 Å². The number of amides is 1. The van der Waals surface area contributed by atoms with Crippen LogP contribution in [0.5, 0.6) is 0 Å². The van der Waals surface area contributed by atoms with Crippen molar-refractivity contribution in [1.29, 1.82) is 0 Å². The van der Waals surface area contributed by atoms with E-state index < -0.39 is 0 Å². The van der Waals surface area contributed by atoms with Gasteiger partial charge in [0.15, 0.2) is 0 Å². The van der Waals surface area contributed by atoms with E-state index in [1.165, 1.54) is 0 Å². The highest BCUT2D eigenvalue weighted by atomic mass is 16.3. The van der Waals surface area contributed by atoms with Crippen LogP contribution >= 0.6 is 0 Å². The van der Waals surface area contributed by atoms with Crippen LogP contribution in [-0.4, -0.2) is 30.2 Å². The van der Waals surface area contributed by atoms with Crippen LogP contribution in [0, 0.1) is 11.8 Å². The van der Waals surface area contributed by atoms with Crippen molar-refractivity contribution in [2.24, 2.45) is 17.6 Å². The molecule has 0 spiro atoms. The first kappa shape index (κ1) is 13.5. The van der Waals surface area contributed by atoms with Gasteiger partial charge in [0.2, 0.25) is 5.91 Å². The van der Waals surface area contributed by atoms with Gasteiger partial charge in [-0.1, -0.05) is 6.92 Å². The highest BCUT2D eigenvalue weighted by molar-refractivity contribution is 5.76. The van der Waals surface area contributed by atoms with Gasteiger partial charge in [0.25, 0.3) is 0 Å². The summed E-state index contributed by atoms with van der Waals surface area (Å²) in [4.78, 5) is 11.5. The molecule has 16 heavy (non-hydrogen) atoms. The zero-order valence-corrected chi connectivity index (χ0v) is 10.1. The van der Waals surface area contributed by atoms with E-state index in [4.69, 9.17) is 5.73 Å². The number of carbonyl (C=O) groups excluding carboxylic acids is 1. The lowest BCUT2D eigenvalue weighted by Crippen LogP contribution is -2.33. The molecule has 0 aromatic heterocycles. The Kier molecular flexibility index (Phi) is 5.77. The summed E-state index contributed by atoms with van der Waals surface area (Å²) in [5.41, 5.74) is 5.47. The number of rotatable bonds is 5. The Morgan fingerprint density at radius 1 is 1.44 bits per heavy atom. The molecule has 0 aromatic rings. The summed E-state index contributed by atoms with van der Waals surface area (Å²) in [6.07, 6.45) is 4.19. The molecule has 0 bridgehead atoms. The fourth-order valence-corrected chi connectivity index (χ4v) is 2.08. The fraction of sp³-hybridized carbons (Fsp3) is 0.917. The fourth-order valence-electron chi connectivity index (χ4n) is 2.08. The van der Waals surface area contributed by atoms with Gasteiger partial charge in [-0.15, -0.1) is 0 Å². The molecule has 0 radical (unpaired) electrons. The van der Waals surface area contributed by atoms with Gasteiger partial charge in [-0.2, -0.15) is 0 Å². The van der Waals surface area contributed by atoms with Crippen molar-refractivity contribution in [2.75, 3.05) is 13.1 Å². The van der Waals surface area contributed by atoms with Crippen LogP contribution in [0.3, 0.4) is 0 Å². The van der Waals surface area contributed by atoms with Gasteiger partial charge >= 0.3 is 0 Å². The minimum absolute atomic E-state index is 0.101. The summed E-state index contributed by atoms with van der Waals surface area (Å²) < 4.78 is 0. The van der Waals surface area contributed by atoms with Crippen LogP contribution in [0.1, 0.15) is 39.0 Å². The lowest BCUT2D eigenvalue weighted by molar-refractivity contribution is -0.122. The van der Waals surface area contributed by atoms with Crippen molar-refractivity contribution in [3.05, 3.63) is 0 Å². The van der Waals surface area contributed by atoms with E-state index in [0.29, 0.717) is 18.9 Å². The summed E-state index contributed by atoms with van der Waals surface area (Å²) >= 11 is 0. The summed E-state index contributed by atoms with van der Waals surface area (Å²) in [6.45, 7) is 3.29. The van der Waals surface area contributed by atoms with Crippen LogP contribution in [0.25, 0.3) is 0 Å². The van der Waals surface area contributed by atoms with Gasteiger partial charge in [-0.25, -0.2) is 0 Å². The predicted octanol–water partition coefficient (Wildman–Crippen LogP) is 0.639. The minimum atomic E-state index is -0.121. The molecular formula is C12H24N2O2. The third-order valence-electron chi connectivity index (χ3n) is 3.34. The van der Waals surface area contributed by atoms with Crippen molar-refractivity contribution in [1.82, 2.24) is 5.32 Å². The molecule has 1 amide bonds. The first-order chi connectivity index (χ1) is 7.61. The van der Waals surface area contributed by atoms with Crippen LogP contribution in [-0.2, 0) is 4.79 Å². The van der Waals surface area contributed by atoms with E-state index in [0.717, 1.165) is 32.2 Å². The molecule has 94 valence electrons. The minimum Gasteiger partial charge on any atom is -0.393 e. The molecule has 1 fully saturated rings. The quantitative estimate of drug-likeness (QED) is 0.646. The molecule has 1 unspecified atom stereocenters. The Hall–Kier alpha value is -0.610. The molecule has 0 aromatic carbocycles. The van der Waals surface area contributed by atoms with Gasteiger partial charge in [-0.3, -0.25) is 4.79 Å². The van der Waals surface area contributed by atoms with Gasteiger partial charge in [0.05, 0.1) is 6.10 Å². The summed E-state index contributed by atoms with van der Waals surface area (Å²) in [6, 6.07) is 0. The van der Waals surface area contributed by atoms with Crippen LogP contribution in [0.2, 0.25) is 0 Å². The molecule has 0 heterocycles. The topological polar surface area (TPSA) is 75.4 Å². The van der Waals surface area contributed by atoms with E-state index in [1.807, 2.05) is 6.92 Å². The highest BCUT2D eigenvalue weighted by Gasteiger charge is 2.19. The second-order valence-corrected chi connectivity index (χ2v) is 5.02. The van der Waals surface area contributed by atoms with E-state index in [9.17, 15) is 9.90 Å². The van der Waals surface area contributed by atoms with Gasteiger partial charge in [-0.05, 0) is 44.1 Å². The zero-order valence-electron chi connectivity index (χ0n) is 10.1. The molecule has 4 nitrogen and oxygen atoms in total. The van der Waals surface area contributed by atoms with E-state index in [-0.39, 0.29) is 17.9 Å². The maximum Gasteiger partial charge on any atom is 0.220 e. The number of hydrogen-bond acceptors (Lipinski definition) is 3. The van der Waals surface area contributed by atoms with Crippen LogP contribution in [0.4, 0.5) is 0 Å². The number of carbonyl (C=O) groups is 1. The average Bonchev–Trinajstić information content (AvgIpc) is 2.28. The molecule has 1 aliphatic rings.